The summed E-state index contributed by atoms with van der Waals surface area (Å²) in [6.45, 7) is 6.61. The van der Waals surface area contributed by atoms with Crippen molar-refractivity contribution in [2.75, 3.05) is 13.2 Å². The highest BCUT2D eigenvalue weighted by Gasteiger charge is 2.19. The first-order chi connectivity index (χ1) is 37.0. The van der Waals surface area contributed by atoms with Crippen LogP contribution in [-0.4, -0.2) is 37.2 Å². The molecule has 0 amide bonds. The molecule has 1 atom stereocenters. The van der Waals surface area contributed by atoms with E-state index in [1.165, 1.54) is 186 Å². The van der Waals surface area contributed by atoms with E-state index in [0.717, 1.165) is 103 Å². The molecule has 0 fully saturated rings. The first-order valence-electron chi connectivity index (χ1n) is 32.4. The van der Waals surface area contributed by atoms with Gasteiger partial charge in [-0.25, -0.2) is 0 Å². The Hall–Kier alpha value is -3.15. The Kier molecular flexibility index (Phi) is 60.7. The molecule has 0 heterocycles. The Morgan fingerprint density at radius 3 is 0.773 bits per heavy atom. The van der Waals surface area contributed by atoms with Gasteiger partial charge in [0.1, 0.15) is 13.2 Å². The molecule has 0 aromatic heterocycles. The van der Waals surface area contributed by atoms with Gasteiger partial charge >= 0.3 is 17.9 Å². The van der Waals surface area contributed by atoms with Crippen LogP contribution in [0.25, 0.3) is 0 Å². The quantitative estimate of drug-likeness (QED) is 0.0261. The Morgan fingerprint density at radius 1 is 0.267 bits per heavy atom. The Labute approximate surface area is 465 Å². The number of unbranched alkanes of at least 4 members (excludes halogenated alkanes) is 36. The summed E-state index contributed by atoms with van der Waals surface area (Å²) in [6, 6.07) is 0. The van der Waals surface area contributed by atoms with Crippen LogP contribution < -0.4 is 0 Å². The average Bonchev–Trinajstić information content (AvgIpc) is 3.41. The minimum Gasteiger partial charge on any atom is -0.462 e. The molecule has 0 spiro atoms. The van der Waals surface area contributed by atoms with E-state index in [1.54, 1.807) is 0 Å². The summed E-state index contributed by atoms with van der Waals surface area (Å²) in [7, 11) is 0. The van der Waals surface area contributed by atoms with E-state index in [1.807, 2.05) is 0 Å². The molecule has 0 radical (unpaired) electrons. The van der Waals surface area contributed by atoms with Gasteiger partial charge in [0.05, 0.1) is 0 Å². The van der Waals surface area contributed by atoms with E-state index in [2.05, 4.69) is 93.7 Å². The zero-order chi connectivity index (χ0) is 54.3. The van der Waals surface area contributed by atoms with Crippen molar-refractivity contribution in [2.24, 2.45) is 0 Å². The van der Waals surface area contributed by atoms with Gasteiger partial charge in [0.25, 0.3) is 0 Å². The molecule has 0 rings (SSSR count). The van der Waals surface area contributed by atoms with Gasteiger partial charge < -0.3 is 14.2 Å². The lowest BCUT2D eigenvalue weighted by Gasteiger charge is -2.18. The first-order valence-corrected chi connectivity index (χ1v) is 32.4. The van der Waals surface area contributed by atoms with E-state index >= 15 is 0 Å². The van der Waals surface area contributed by atoms with E-state index in [9.17, 15) is 14.4 Å². The predicted molar refractivity (Wildman–Crippen MR) is 325 cm³/mol. The molecule has 6 heteroatoms. The zero-order valence-electron chi connectivity index (χ0n) is 49.8. The fourth-order valence-corrected chi connectivity index (χ4v) is 9.28. The Balaban J connectivity index is 4.41. The van der Waals surface area contributed by atoms with Gasteiger partial charge in [0, 0.05) is 19.3 Å². The number of hydrogen-bond acceptors (Lipinski definition) is 6. The van der Waals surface area contributed by atoms with Gasteiger partial charge in [-0.2, -0.15) is 0 Å². The van der Waals surface area contributed by atoms with Crippen molar-refractivity contribution in [3.8, 4) is 0 Å². The molecule has 0 aromatic rings. The third-order valence-corrected chi connectivity index (χ3v) is 14.2. The van der Waals surface area contributed by atoms with E-state index < -0.39 is 6.10 Å². The molecule has 0 saturated heterocycles. The SMILES string of the molecule is CCCCC/C=C\C/C=C\C/C=C\CCCCCCCCC(=O)OC[C@@H](COC(=O)CCCCCCCCCCCCCCCCCCCCC)OC(=O)CCCCCCCC/C=C\C/C=C\C/C=C\CCCCC. The summed E-state index contributed by atoms with van der Waals surface area (Å²) in [5.41, 5.74) is 0. The summed E-state index contributed by atoms with van der Waals surface area (Å²) in [5, 5.41) is 0. The number of allylic oxidation sites excluding steroid dienone is 12. The number of esters is 3. The fourth-order valence-electron chi connectivity index (χ4n) is 9.28. The van der Waals surface area contributed by atoms with Crippen molar-refractivity contribution in [1.82, 2.24) is 0 Å². The summed E-state index contributed by atoms with van der Waals surface area (Å²) in [4.78, 5) is 38.4. The van der Waals surface area contributed by atoms with Crippen LogP contribution in [-0.2, 0) is 28.6 Å². The minimum absolute atomic E-state index is 0.0824. The molecule has 0 saturated carbocycles. The van der Waals surface area contributed by atoms with Crippen LogP contribution in [0.2, 0.25) is 0 Å². The molecule has 0 bridgehead atoms. The van der Waals surface area contributed by atoms with Crippen LogP contribution in [0.5, 0.6) is 0 Å². The molecule has 0 aliphatic carbocycles. The second-order valence-electron chi connectivity index (χ2n) is 21.7. The second-order valence-corrected chi connectivity index (χ2v) is 21.7. The van der Waals surface area contributed by atoms with Gasteiger partial charge in [-0.1, -0.05) is 286 Å². The number of carbonyl (C=O) groups excluding carboxylic acids is 3. The maximum absolute atomic E-state index is 12.9. The van der Waals surface area contributed by atoms with Gasteiger partial charge in [0.2, 0.25) is 0 Å². The molecular formula is C69H122O6. The number of hydrogen-bond donors (Lipinski definition) is 0. The first kappa shape index (κ1) is 71.8. The molecule has 0 aliphatic heterocycles. The average molecular weight is 1050 g/mol. The normalized spacial score (nSPS) is 12.5. The third-order valence-electron chi connectivity index (χ3n) is 14.2. The number of ether oxygens (including phenoxy) is 3. The Morgan fingerprint density at radius 2 is 0.480 bits per heavy atom. The van der Waals surface area contributed by atoms with Crippen molar-refractivity contribution in [2.45, 2.75) is 335 Å². The van der Waals surface area contributed by atoms with Crippen LogP contribution in [0.15, 0.2) is 72.9 Å². The third kappa shape index (κ3) is 61.6. The molecule has 0 unspecified atom stereocenters. The molecule has 6 nitrogen and oxygen atoms in total. The molecule has 0 aliphatic rings. The van der Waals surface area contributed by atoms with E-state index in [4.69, 9.17) is 14.2 Å². The standard InChI is InChI=1S/C69H122O6/c1-4-7-10-13-16-19-22-25-28-31-34-37-40-43-46-49-52-55-58-61-67(70)73-64-66(75-69(72)63-60-57-54-51-48-45-42-39-36-33-30-27-24-21-18-15-12-9-6-3)65-74-68(71)62-59-56-53-50-47-44-41-38-35-32-29-26-23-20-17-14-11-8-5-2/h16,18-19,21,25,27-28,30,34,36-37,39,66H,4-15,17,20,22-24,26,29,31-33,35,38,40-65H2,1-3H3/b19-16-,21-18-,28-25-,30-27-,37-34-,39-36-/t66-/m0/s1. The molecular weight excluding hydrogens is 925 g/mol. The summed E-state index contributed by atoms with van der Waals surface area (Å²) < 4.78 is 16.9. The predicted octanol–water partition coefficient (Wildman–Crippen LogP) is 22.1. The zero-order valence-corrected chi connectivity index (χ0v) is 49.8. The fraction of sp³-hybridized carbons (Fsp3) is 0.783. The van der Waals surface area contributed by atoms with Crippen LogP contribution >= 0.6 is 0 Å². The largest absolute Gasteiger partial charge is 0.462 e. The second kappa shape index (κ2) is 63.4. The van der Waals surface area contributed by atoms with Crippen molar-refractivity contribution >= 4 is 17.9 Å². The molecule has 75 heavy (non-hydrogen) atoms. The molecule has 434 valence electrons. The van der Waals surface area contributed by atoms with Crippen molar-refractivity contribution in [3.05, 3.63) is 72.9 Å². The number of carbonyl (C=O) groups is 3. The lowest BCUT2D eigenvalue weighted by molar-refractivity contribution is -0.167. The number of rotatable bonds is 59. The smallest absolute Gasteiger partial charge is 0.306 e. The van der Waals surface area contributed by atoms with Crippen LogP contribution in [0.4, 0.5) is 0 Å². The van der Waals surface area contributed by atoms with Crippen LogP contribution in [0, 0.1) is 0 Å². The van der Waals surface area contributed by atoms with E-state index in [-0.39, 0.29) is 31.1 Å². The highest BCUT2D eigenvalue weighted by Crippen LogP contribution is 2.17. The van der Waals surface area contributed by atoms with Crippen LogP contribution in [0.1, 0.15) is 329 Å². The van der Waals surface area contributed by atoms with Gasteiger partial charge in [-0.05, 0) is 96.3 Å². The molecule has 0 N–H and O–H groups in total. The highest BCUT2D eigenvalue weighted by molar-refractivity contribution is 5.71. The van der Waals surface area contributed by atoms with Crippen molar-refractivity contribution in [3.63, 3.8) is 0 Å². The van der Waals surface area contributed by atoms with Gasteiger partial charge in [0.15, 0.2) is 6.10 Å². The highest BCUT2D eigenvalue weighted by atomic mass is 16.6. The van der Waals surface area contributed by atoms with Gasteiger partial charge in [-0.3, -0.25) is 14.4 Å². The monoisotopic (exact) mass is 1050 g/mol. The summed E-state index contributed by atoms with van der Waals surface area (Å²) in [5.74, 6) is -0.891. The maximum Gasteiger partial charge on any atom is 0.306 e. The summed E-state index contributed by atoms with van der Waals surface area (Å²) in [6.07, 6.45) is 81.8. The lowest BCUT2D eigenvalue weighted by Crippen LogP contribution is -2.30. The van der Waals surface area contributed by atoms with Crippen molar-refractivity contribution < 1.29 is 28.6 Å². The minimum atomic E-state index is -0.788. The Bertz CT molecular complexity index is 1390. The lowest BCUT2D eigenvalue weighted by atomic mass is 10.0. The molecule has 0 aromatic carbocycles. The maximum atomic E-state index is 12.9. The van der Waals surface area contributed by atoms with E-state index in [0.29, 0.717) is 19.3 Å². The van der Waals surface area contributed by atoms with Crippen LogP contribution in [0.3, 0.4) is 0 Å². The topological polar surface area (TPSA) is 78.9 Å². The van der Waals surface area contributed by atoms with Crippen molar-refractivity contribution in [1.29, 1.82) is 0 Å². The van der Waals surface area contributed by atoms with Gasteiger partial charge in [-0.15, -0.1) is 0 Å². The summed E-state index contributed by atoms with van der Waals surface area (Å²) >= 11 is 0.